The molecule has 2 amide bonds. The number of aliphatic carboxylic acids is 1. The van der Waals surface area contributed by atoms with E-state index in [4.69, 9.17) is 5.11 Å². The summed E-state index contributed by atoms with van der Waals surface area (Å²) in [5.41, 5.74) is 0. The van der Waals surface area contributed by atoms with Gasteiger partial charge in [0.2, 0.25) is 11.8 Å². The number of fused-ring (bicyclic) bond motifs is 1. The largest absolute Gasteiger partial charge is 0.481 e. The molecule has 0 aromatic rings. The molecule has 0 aliphatic carbocycles. The monoisotopic (exact) mass is 286 g/mol. The summed E-state index contributed by atoms with van der Waals surface area (Å²) in [6, 6.07) is -0.467. The minimum Gasteiger partial charge on any atom is -0.481 e. The Morgan fingerprint density at radius 1 is 1.63 bits per heavy atom. The van der Waals surface area contributed by atoms with E-state index in [9.17, 15) is 14.4 Å². The van der Waals surface area contributed by atoms with Crippen molar-refractivity contribution in [2.45, 2.75) is 37.6 Å². The summed E-state index contributed by atoms with van der Waals surface area (Å²) >= 11 is 1.62. The zero-order valence-corrected chi connectivity index (χ0v) is 11.8. The summed E-state index contributed by atoms with van der Waals surface area (Å²) in [6.45, 7) is 3.61. The topological polar surface area (TPSA) is 86.7 Å². The van der Waals surface area contributed by atoms with Crippen molar-refractivity contribution in [3.05, 3.63) is 0 Å². The van der Waals surface area contributed by atoms with Gasteiger partial charge in [0.1, 0.15) is 6.04 Å². The van der Waals surface area contributed by atoms with Crippen LogP contribution in [0.1, 0.15) is 26.7 Å². The molecule has 2 aliphatic heterocycles. The zero-order chi connectivity index (χ0) is 14.2. The zero-order valence-electron chi connectivity index (χ0n) is 11.0. The average Bonchev–Trinajstić information content (AvgIpc) is 2.83. The lowest BCUT2D eigenvalue weighted by molar-refractivity contribution is -0.142. The van der Waals surface area contributed by atoms with E-state index in [1.54, 1.807) is 16.7 Å². The average molecular weight is 286 g/mol. The van der Waals surface area contributed by atoms with E-state index >= 15 is 0 Å². The molecule has 2 aliphatic rings. The van der Waals surface area contributed by atoms with Gasteiger partial charge in [0.05, 0.1) is 10.8 Å². The number of carboxylic acid groups (broad SMARTS) is 1. The Kier molecular flexibility index (Phi) is 3.75. The van der Waals surface area contributed by atoms with Crippen LogP contribution in [0.4, 0.5) is 0 Å². The smallest absolute Gasteiger partial charge is 0.308 e. The van der Waals surface area contributed by atoms with E-state index in [0.29, 0.717) is 12.2 Å². The van der Waals surface area contributed by atoms with Crippen LogP contribution >= 0.6 is 11.8 Å². The maximum absolute atomic E-state index is 12.1. The van der Waals surface area contributed by atoms with E-state index in [1.807, 2.05) is 6.92 Å². The molecule has 0 spiro atoms. The summed E-state index contributed by atoms with van der Waals surface area (Å²) < 4.78 is 0. The third kappa shape index (κ3) is 2.56. The molecule has 3 unspecified atom stereocenters. The molecule has 0 saturated carbocycles. The molecule has 2 heterocycles. The van der Waals surface area contributed by atoms with Crippen molar-refractivity contribution in [1.82, 2.24) is 10.2 Å². The summed E-state index contributed by atoms with van der Waals surface area (Å²) in [6.07, 6.45) is 1.25. The first-order chi connectivity index (χ1) is 8.85. The summed E-state index contributed by atoms with van der Waals surface area (Å²) in [5.74, 6) is -1.23. The molecule has 0 radical (unpaired) electrons. The third-order valence-electron chi connectivity index (χ3n) is 3.75. The van der Waals surface area contributed by atoms with Crippen LogP contribution in [0, 0.1) is 5.92 Å². The number of rotatable bonds is 4. The second kappa shape index (κ2) is 5.03. The van der Waals surface area contributed by atoms with Crippen LogP contribution in [0.2, 0.25) is 0 Å². The van der Waals surface area contributed by atoms with Crippen molar-refractivity contribution in [1.29, 1.82) is 0 Å². The molecule has 0 bridgehead atoms. The van der Waals surface area contributed by atoms with Crippen molar-refractivity contribution in [3.8, 4) is 0 Å². The van der Waals surface area contributed by atoms with Crippen molar-refractivity contribution in [2.75, 3.05) is 12.3 Å². The second-order valence-electron chi connectivity index (χ2n) is 5.25. The molecule has 19 heavy (non-hydrogen) atoms. The first kappa shape index (κ1) is 14.2. The van der Waals surface area contributed by atoms with Gasteiger partial charge in [0.15, 0.2) is 0 Å². The SMILES string of the molecule is CC(CNC(=O)C1CSC2(C)CCC(=O)N12)C(=O)O. The van der Waals surface area contributed by atoms with Crippen LogP contribution in [-0.4, -0.2) is 51.0 Å². The van der Waals surface area contributed by atoms with Crippen LogP contribution in [0.15, 0.2) is 0 Å². The van der Waals surface area contributed by atoms with Gasteiger partial charge in [-0.05, 0) is 13.3 Å². The number of thioether (sulfide) groups is 1. The highest BCUT2D eigenvalue weighted by Gasteiger charge is 2.52. The number of nitrogens with zero attached hydrogens (tertiary/aromatic N) is 1. The number of hydrogen-bond donors (Lipinski definition) is 2. The molecule has 2 N–H and O–H groups in total. The van der Waals surface area contributed by atoms with Crippen LogP contribution < -0.4 is 5.32 Å². The Labute approximate surface area is 115 Å². The molecule has 3 atom stereocenters. The fourth-order valence-electron chi connectivity index (χ4n) is 2.47. The van der Waals surface area contributed by atoms with Crippen molar-refractivity contribution in [3.63, 3.8) is 0 Å². The Morgan fingerprint density at radius 2 is 2.32 bits per heavy atom. The Bertz CT molecular complexity index is 428. The molecule has 2 fully saturated rings. The Hall–Kier alpha value is -1.24. The van der Waals surface area contributed by atoms with Crippen molar-refractivity contribution >= 4 is 29.5 Å². The fourth-order valence-corrected chi connectivity index (χ4v) is 3.91. The highest BCUT2D eigenvalue weighted by Crippen LogP contribution is 2.47. The molecular weight excluding hydrogens is 268 g/mol. The number of nitrogens with one attached hydrogen (secondary N) is 1. The lowest BCUT2D eigenvalue weighted by Gasteiger charge is -2.30. The maximum Gasteiger partial charge on any atom is 0.308 e. The van der Waals surface area contributed by atoms with Gasteiger partial charge < -0.3 is 15.3 Å². The third-order valence-corrected chi connectivity index (χ3v) is 5.26. The quantitative estimate of drug-likeness (QED) is 0.775. The molecule has 0 aromatic heterocycles. The molecule has 6 nitrogen and oxygen atoms in total. The van der Waals surface area contributed by atoms with Gasteiger partial charge in [-0.15, -0.1) is 11.8 Å². The Morgan fingerprint density at radius 3 is 2.95 bits per heavy atom. The highest BCUT2D eigenvalue weighted by molar-refractivity contribution is 8.01. The summed E-state index contributed by atoms with van der Waals surface area (Å²) in [4.78, 5) is 36.0. The Balaban J connectivity index is 1.97. The second-order valence-corrected chi connectivity index (χ2v) is 6.75. The number of carbonyl (C=O) groups excluding carboxylic acids is 2. The minimum atomic E-state index is -0.941. The summed E-state index contributed by atoms with van der Waals surface area (Å²) in [7, 11) is 0. The van der Waals surface area contributed by atoms with E-state index in [0.717, 1.165) is 6.42 Å². The molecule has 2 rings (SSSR count). The predicted molar refractivity (Wildman–Crippen MR) is 70.5 cm³/mol. The van der Waals surface area contributed by atoms with E-state index in [-0.39, 0.29) is 23.2 Å². The minimum absolute atomic E-state index is 0.0129. The van der Waals surface area contributed by atoms with Gasteiger partial charge in [0, 0.05) is 18.7 Å². The molecule has 7 heteroatoms. The highest BCUT2D eigenvalue weighted by atomic mass is 32.2. The van der Waals surface area contributed by atoms with Gasteiger partial charge in [-0.3, -0.25) is 14.4 Å². The molecule has 2 saturated heterocycles. The van der Waals surface area contributed by atoms with Crippen LogP contribution in [0.25, 0.3) is 0 Å². The van der Waals surface area contributed by atoms with E-state index in [2.05, 4.69) is 5.32 Å². The lowest BCUT2D eigenvalue weighted by Crippen LogP contribution is -2.50. The fraction of sp³-hybridized carbons (Fsp3) is 0.750. The number of amides is 2. The predicted octanol–water partition coefficient (Wildman–Crippen LogP) is 0.277. The van der Waals surface area contributed by atoms with E-state index in [1.165, 1.54) is 6.92 Å². The standard InChI is InChI=1S/C12H18N2O4S/c1-7(11(17)18)5-13-10(16)8-6-19-12(2)4-3-9(15)14(8)12/h7-8H,3-6H2,1-2H3,(H,13,16)(H,17,18). The van der Waals surface area contributed by atoms with Crippen LogP contribution in [-0.2, 0) is 14.4 Å². The van der Waals surface area contributed by atoms with Gasteiger partial charge in [-0.25, -0.2) is 0 Å². The number of carboxylic acids is 1. The normalized spacial score (nSPS) is 31.2. The van der Waals surface area contributed by atoms with Crippen LogP contribution in [0.3, 0.4) is 0 Å². The van der Waals surface area contributed by atoms with Gasteiger partial charge >= 0.3 is 5.97 Å². The first-order valence-corrected chi connectivity index (χ1v) is 7.30. The molecule has 0 aromatic carbocycles. The van der Waals surface area contributed by atoms with E-state index < -0.39 is 17.9 Å². The number of carbonyl (C=O) groups is 3. The van der Waals surface area contributed by atoms with Crippen molar-refractivity contribution < 1.29 is 19.5 Å². The van der Waals surface area contributed by atoms with Gasteiger partial charge in [-0.1, -0.05) is 6.92 Å². The summed E-state index contributed by atoms with van der Waals surface area (Å²) in [5, 5.41) is 11.4. The molecular formula is C12H18N2O4S. The van der Waals surface area contributed by atoms with Gasteiger partial charge in [0.25, 0.3) is 0 Å². The first-order valence-electron chi connectivity index (χ1n) is 6.32. The number of hydrogen-bond acceptors (Lipinski definition) is 4. The maximum atomic E-state index is 12.1. The van der Waals surface area contributed by atoms with Crippen LogP contribution in [0.5, 0.6) is 0 Å². The van der Waals surface area contributed by atoms with Crippen molar-refractivity contribution in [2.24, 2.45) is 5.92 Å². The van der Waals surface area contributed by atoms with Gasteiger partial charge in [-0.2, -0.15) is 0 Å². The lowest BCUT2D eigenvalue weighted by atomic mass is 10.1. The molecule has 106 valence electrons.